The van der Waals surface area contributed by atoms with Gasteiger partial charge in [-0.25, -0.2) is 9.38 Å². The molecule has 5 nitrogen and oxygen atoms in total. The van der Waals surface area contributed by atoms with E-state index in [4.69, 9.17) is 4.74 Å². The van der Waals surface area contributed by atoms with Crippen LogP contribution in [-0.2, 0) is 11.4 Å². The molecular formula is C23H17FN2O3. The average molecular weight is 388 g/mol. The second-order valence-electron chi connectivity index (χ2n) is 6.54. The normalized spacial score (nSPS) is 14.9. The molecular weight excluding hydrogens is 371 g/mol. The molecule has 3 aromatic carbocycles. The van der Waals surface area contributed by atoms with E-state index in [0.717, 1.165) is 5.56 Å². The molecule has 1 atom stereocenters. The molecule has 0 aliphatic carbocycles. The third-order valence-electron chi connectivity index (χ3n) is 4.56. The maximum absolute atomic E-state index is 13.1. The number of amidine groups is 1. The lowest BCUT2D eigenvalue weighted by Crippen LogP contribution is -2.28. The van der Waals surface area contributed by atoms with E-state index in [1.165, 1.54) is 24.3 Å². The summed E-state index contributed by atoms with van der Waals surface area (Å²) in [5.74, 6) is -0.226. The van der Waals surface area contributed by atoms with Crippen LogP contribution in [0.2, 0.25) is 0 Å². The Morgan fingerprint density at radius 2 is 1.83 bits per heavy atom. The number of ether oxygens (including phenoxy) is 1. The van der Waals surface area contributed by atoms with Crippen molar-refractivity contribution < 1.29 is 18.7 Å². The number of hydrogen-bond donors (Lipinski definition) is 1. The maximum Gasteiger partial charge on any atom is 0.227 e. The highest BCUT2D eigenvalue weighted by Crippen LogP contribution is 2.32. The van der Waals surface area contributed by atoms with Crippen LogP contribution in [0.15, 0.2) is 77.8 Å². The molecule has 4 rings (SSSR count). The molecule has 144 valence electrons. The van der Waals surface area contributed by atoms with Crippen LogP contribution in [0.25, 0.3) is 0 Å². The second kappa shape index (κ2) is 8.06. The fourth-order valence-corrected chi connectivity index (χ4v) is 3.06. The minimum absolute atomic E-state index is 0.0291. The molecule has 0 amide bonds. The Labute approximate surface area is 166 Å². The van der Waals surface area contributed by atoms with E-state index in [1.807, 2.05) is 30.3 Å². The van der Waals surface area contributed by atoms with Gasteiger partial charge < -0.3 is 14.8 Å². The van der Waals surface area contributed by atoms with Gasteiger partial charge in [-0.1, -0.05) is 36.4 Å². The van der Waals surface area contributed by atoms with Gasteiger partial charge in [0.2, 0.25) is 5.78 Å². The number of fused-ring (bicyclic) bond motifs is 1. The predicted octanol–water partition coefficient (Wildman–Crippen LogP) is 4.35. The highest BCUT2D eigenvalue weighted by Gasteiger charge is 2.25. The van der Waals surface area contributed by atoms with Gasteiger partial charge in [0.05, 0.1) is 0 Å². The number of nitrogens with one attached hydrogen (secondary N) is 1. The van der Waals surface area contributed by atoms with Crippen molar-refractivity contribution in [3.8, 4) is 5.75 Å². The van der Waals surface area contributed by atoms with Crippen molar-refractivity contribution in [1.82, 2.24) is 0 Å². The summed E-state index contributed by atoms with van der Waals surface area (Å²) in [7, 11) is 0. The molecule has 29 heavy (non-hydrogen) atoms. The van der Waals surface area contributed by atoms with E-state index in [2.05, 4.69) is 10.3 Å². The number of rotatable bonds is 6. The number of nitrogens with zero attached hydrogens (tertiary/aromatic N) is 1. The number of Topliss-reactive ketones (excluding diaryl/α,β-unsaturated/α-hetero) is 1. The van der Waals surface area contributed by atoms with Gasteiger partial charge in [0.1, 0.15) is 30.5 Å². The number of hydrogen-bond acceptors (Lipinski definition) is 5. The van der Waals surface area contributed by atoms with Crippen LogP contribution < -0.4 is 10.1 Å². The summed E-state index contributed by atoms with van der Waals surface area (Å²) in [5, 5.41) is 2.98. The summed E-state index contributed by atoms with van der Waals surface area (Å²) < 4.78 is 19.0. The summed E-state index contributed by atoms with van der Waals surface area (Å²) in [5.41, 5.74) is 2.54. The van der Waals surface area contributed by atoms with E-state index in [-0.39, 0.29) is 11.4 Å². The summed E-state index contributed by atoms with van der Waals surface area (Å²) in [4.78, 5) is 28.5. The van der Waals surface area contributed by atoms with Crippen LogP contribution >= 0.6 is 0 Å². The highest BCUT2D eigenvalue weighted by atomic mass is 19.1. The molecule has 1 heterocycles. The lowest BCUT2D eigenvalue weighted by Gasteiger charge is -2.22. The Bertz CT molecular complexity index is 1080. The van der Waals surface area contributed by atoms with Gasteiger partial charge in [-0.2, -0.15) is 0 Å². The maximum atomic E-state index is 13.1. The van der Waals surface area contributed by atoms with Crippen molar-refractivity contribution in [1.29, 1.82) is 0 Å². The topological polar surface area (TPSA) is 67.8 Å². The van der Waals surface area contributed by atoms with Gasteiger partial charge >= 0.3 is 0 Å². The summed E-state index contributed by atoms with van der Waals surface area (Å²) in [6.07, 6.45) is 0.683. The largest absolute Gasteiger partial charge is 0.489 e. The van der Waals surface area contributed by atoms with E-state index in [9.17, 15) is 14.0 Å². The molecule has 1 aliphatic rings. The zero-order valence-corrected chi connectivity index (χ0v) is 15.3. The predicted molar refractivity (Wildman–Crippen MR) is 108 cm³/mol. The number of ketones is 1. The molecule has 0 radical (unpaired) electrons. The Morgan fingerprint density at radius 1 is 1.07 bits per heavy atom. The summed E-state index contributed by atoms with van der Waals surface area (Å²) in [6, 6.07) is 19.4. The van der Waals surface area contributed by atoms with E-state index >= 15 is 0 Å². The van der Waals surface area contributed by atoms with Gasteiger partial charge in [0.25, 0.3) is 0 Å². The fraction of sp³-hybridized carbons (Fsp3) is 0.0870. The summed E-state index contributed by atoms with van der Waals surface area (Å²) in [6.45, 7) is 0.395. The number of carbonyl (C=O) groups is 2. The molecule has 0 spiro atoms. The first-order valence-corrected chi connectivity index (χ1v) is 9.05. The van der Waals surface area contributed by atoms with Crippen molar-refractivity contribution >= 4 is 23.6 Å². The fourth-order valence-electron chi connectivity index (χ4n) is 3.06. The monoisotopic (exact) mass is 388 g/mol. The number of carbonyl (C=O) groups excluding carboxylic acids is 2. The molecule has 0 saturated heterocycles. The van der Waals surface area contributed by atoms with Crippen LogP contribution in [0, 0.1) is 5.82 Å². The molecule has 1 aliphatic heterocycles. The van der Waals surface area contributed by atoms with Crippen molar-refractivity contribution in [3.05, 3.63) is 95.3 Å². The van der Waals surface area contributed by atoms with Gasteiger partial charge in [-0.15, -0.1) is 0 Å². The van der Waals surface area contributed by atoms with Gasteiger partial charge in [0, 0.05) is 22.9 Å². The molecule has 3 aromatic rings. The van der Waals surface area contributed by atoms with Crippen LogP contribution in [0.1, 0.15) is 27.5 Å². The zero-order chi connectivity index (χ0) is 20.2. The molecule has 0 fully saturated rings. The highest BCUT2D eigenvalue weighted by molar-refractivity contribution is 6.49. The Morgan fingerprint density at radius 3 is 2.55 bits per heavy atom. The lowest BCUT2D eigenvalue weighted by atomic mass is 10.0. The van der Waals surface area contributed by atoms with Crippen LogP contribution in [0.3, 0.4) is 0 Å². The third-order valence-corrected chi connectivity index (χ3v) is 4.56. The molecule has 0 saturated carbocycles. The smallest absolute Gasteiger partial charge is 0.227 e. The SMILES string of the molecule is O=CC1N=C(C(=O)c2ccc(F)cc2)Nc2cc(OCc3ccccc3)ccc21. The quantitative estimate of drug-likeness (QED) is 0.504. The third kappa shape index (κ3) is 4.06. The van der Waals surface area contributed by atoms with E-state index in [0.29, 0.717) is 29.9 Å². The first-order valence-electron chi connectivity index (χ1n) is 9.05. The number of aliphatic imine (C=N–C) groups is 1. The standard InChI is InChI=1S/C23H17FN2O3/c24-17-8-6-16(7-9-17)22(28)23-25-20-12-18(10-11-19(20)21(13-27)26-23)29-14-15-4-2-1-3-5-15/h1-13,21H,14H2,(H,25,26). The minimum atomic E-state index is -0.797. The first-order chi connectivity index (χ1) is 14.1. The minimum Gasteiger partial charge on any atom is -0.489 e. The van der Waals surface area contributed by atoms with Gasteiger partial charge in [0.15, 0.2) is 5.84 Å². The van der Waals surface area contributed by atoms with Crippen LogP contribution in [0.4, 0.5) is 10.1 Å². The van der Waals surface area contributed by atoms with E-state index < -0.39 is 17.6 Å². The molecule has 6 heteroatoms. The summed E-state index contributed by atoms with van der Waals surface area (Å²) >= 11 is 0. The van der Waals surface area contributed by atoms with Crippen molar-refractivity contribution in [3.63, 3.8) is 0 Å². The Balaban J connectivity index is 1.57. The van der Waals surface area contributed by atoms with Gasteiger partial charge in [-0.05, 0) is 35.9 Å². The average Bonchev–Trinajstić information content (AvgIpc) is 2.77. The molecule has 0 bridgehead atoms. The molecule has 1 unspecified atom stereocenters. The van der Waals surface area contributed by atoms with Crippen molar-refractivity contribution in [2.45, 2.75) is 12.6 Å². The zero-order valence-electron chi connectivity index (χ0n) is 15.3. The number of benzene rings is 3. The van der Waals surface area contributed by atoms with Crippen molar-refractivity contribution in [2.75, 3.05) is 5.32 Å². The Hall–Kier alpha value is -3.80. The first kappa shape index (κ1) is 18.6. The Kier molecular flexibility index (Phi) is 5.16. The van der Waals surface area contributed by atoms with Crippen molar-refractivity contribution in [2.24, 2.45) is 4.99 Å². The lowest BCUT2D eigenvalue weighted by molar-refractivity contribution is -0.108. The van der Waals surface area contributed by atoms with Crippen LogP contribution in [-0.4, -0.2) is 17.9 Å². The molecule has 1 N–H and O–H groups in total. The van der Waals surface area contributed by atoms with Gasteiger partial charge in [-0.3, -0.25) is 4.79 Å². The molecule has 0 aromatic heterocycles. The van der Waals surface area contributed by atoms with E-state index in [1.54, 1.807) is 18.2 Å². The second-order valence-corrected chi connectivity index (χ2v) is 6.54. The number of aldehydes is 1. The number of anilines is 1. The number of halogens is 1. The van der Waals surface area contributed by atoms with Crippen LogP contribution in [0.5, 0.6) is 5.75 Å².